The number of carbonyl (C=O) groups is 3. The fraction of sp³-hybridized carbons (Fsp3) is 0.148. The lowest BCUT2D eigenvalue weighted by Crippen LogP contribution is -2.39. The standard InChI is InChI=1S/C27H23ClN4O5/c1-15-3-6-20(16(2)9-15)30-25(33)22-12-18-11-19(28)5-7-21(18)32(22)31-27(35)26(34)29-13-17-4-8-23-24(10-17)37-14-36-23/h3-12H,13-14H2,1-2H3,(H,29,34)(H,30,33)(H,31,35). The van der Waals surface area contributed by atoms with Crippen LogP contribution in [0.1, 0.15) is 27.2 Å². The Labute approximate surface area is 217 Å². The van der Waals surface area contributed by atoms with Crippen LogP contribution in [-0.4, -0.2) is 29.2 Å². The summed E-state index contributed by atoms with van der Waals surface area (Å²) in [5.74, 6) is -1.06. The van der Waals surface area contributed by atoms with E-state index in [0.717, 1.165) is 16.7 Å². The van der Waals surface area contributed by atoms with E-state index in [1.807, 2.05) is 32.0 Å². The molecule has 0 bridgehead atoms. The molecule has 0 radical (unpaired) electrons. The highest BCUT2D eigenvalue weighted by molar-refractivity contribution is 6.38. The molecule has 3 aromatic carbocycles. The molecule has 9 nitrogen and oxygen atoms in total. The predicted octanol–water partition coefficient (Wildman–Crippen LogP) is 4.28. The number of benzene rings is 3. The highest BCUT2D eigenvalue weighted by Gasteiger charge is 2.22. The lowest BCUT2D eigenvalue weighted by Gasteiger charge is -2.14. The average Bonchev–Trinajstić information content (AvgIpc) is 3.48. The Kier molecular flexibility index (Phi) is 6.45. The highest BCUT2D eigenvalue weighted by atomic mass is 35.5. The Bertz CT molecular complexity index is 1560. The molecule has 0 fully saturated rings. The average molecular weight is 519 g/mol. The van der Waals surface area contributed by atoms with Gasteiger partial charge in [0.1, 0.15) is 5.69 Å². The van der Waals surface area contributed by atoms with E-state index in [-0.39, 0.29) is 19.0 Å². The molecule has 1 aromatic heterocycles. The first-order chi connectivity index (χ1) is 17.8. The molecule has 10 heteroatoms. The lowest BCUT2D eigenvalue weighted by atomic mass is 10.1. The molecule has 0 saturated carbocycles. The SMILES string of the molecule is Cc1ccc(NC(=O)c2cc3cc(Cl)ccc3n2NC(=O)C(=O)NCc2ccc3c(c2)OCO3)c(C)c1. The minimum atomic E-state index is -0.936. The molecule has 0 spiro atoms. The van der Waals surface area contributed by atoms with Gasteiger partial charge < -0.3 is 20.1 Å². The van der Waals surface area contributed by atoms with Crippen molar-refractivity contribution in [2.45, 2.75) is 20.4 Å². The van der Waals surface area contributed by atoms with E-state index >= 15 is 0 Å². The summed E-state index contributed by atoms with van der Waals surface area (Å²) in [5, 5.41) is 6.55. The van der Waals surface area contributed by atoms with Gasteiger partial charge in [0.15, 0.2) is 11.5 Å². The summed E-state index contributed by atoms with van der Waals surface area (Å²) < 4.78 is 11.9. The van der Waals surface area contributed by atoms with Crippen molar-refractivity contribution in [2.24, 2.45) is 0 Å². The Morgan fingerprint density at radius 2 is 1.73 bits per heavy atom. The van der Waals surface area contributed by atoms with Gasteiger partial charge in [0, 0.05) is 22.6 Å². The third-order valence-corrected chi connectivity index (χ3v) is 6.17. The second-order valence-corrected chi connectivity index (χ2v) is 9.09. The molecule has 0 saturated heterocycles. The van der Waals surface area contributed by atoms with Crippen molar-refractivity contribution < 1.29 is 23.9 Å². The van der Waals surface area contributed by atoms with E-state index in [4.69, 9.17) is 21.1 Å². The number of nitrogens with zero attached hydrogens (tertiary/aromatic N) is 1. The second-order valence-electron chi connectivity index (χ2n) is 8.65. The number of rotatable bonds is 5. The molecule has 2 heterocycles. The van der Waals surface area contributed by atoms with Crippen molar-refractivity contribution in [1.29, 1.82) is 0 Å². The molecule has 188 valence electrons. The van der Waals surface area contributed by atoms with Crippen molar-refractivity contribution in [3.8, 4) is 11.5 Å². The number of nitrogens with one attached hydrogen (secondary N) is 3. The molecule has 0 unspecified atom stereocenters. The molecule has 3 N–H and O–H groups in total. The van der Waals surface area contributed by atoms with Gasteiger partial charge in [-0.2, -0.15) is 0 Å². The van der Waals surface area contributed by atoms with E-state index in [0.29, 0.717) is 33.1 Å². The van der Waals surface area contributed by atoms with Crippen LogP contribution in [-0.2, 0) is 16.1 Å². The molecule has 1 aliphatic rings. The van der Waals surface area contributed by atoms with Gasteiger partial charge in [-0.1, -0.05) is 35.4 Å². The molecule has 0 aliphatic carbocycles. The minimum absolute atomic E-state index is 0.102. The van der Waals surface area contributed by atoms with Gasteiger partial charge in [0.05, 0.1) is 5.52 Å². The van der Waals surface area contributed by atoms with Crippen LogP contribution in [0.4, 0.5) is 5.69 Å². The molecule has 1 aliphatic heterocycles. The van der Waals surface area contributed by atoms with Crippen LogP contribution >= 0.6 is 11.6 Å². The molecular weight excluding hydrogens is 496 g/mol. The number of aryl methyl sites for hydroxylation is 2. The van der Waals surface area contributed by atoms with Gasteiger partial charge in [-0.15, -0.1) is 0 Å². The Morgan fingerprint density at radius 3 is 2.54 bits per heavy atom. The molecule has 37 heavy (non-hydrogen) atoms. The van der Waals surface area contributed by atoms with Crippen LogP contribution in [0.15, 0.2) is 60.7 Å². The van der Waals surface area contributed by atoms with Gasteiger partial charge in [-0.05, 0) is 67.4 Å². The highest BCUT2D eigenvalue weighted by Crippen LogP contribution is 2.32. The fourth-order valence-electron chi connectivity index (χ4n) is 4.08. The number of aromatic nitrogens is 1. The summed E-state index contributed by atoms with van der Waals surface area (Å²) in [7, 11) is 0. The second kappa shape index (κ2) is 9.87. The monoisotopic (exact) mass is 518 g/mol. The third-order valence-electron chi connectivity index (χ3n) is 5.94. The van der Waals surface area contributed by atoms with Crippen molar-refractivity contribution in [1.82, 2.24) is 9.99 Å². The number of hydrogen-bond donors (Lipinski definition) is 3. The van der Waals surface area contributed by atoms with Gasteiger partial charge in [-0.25, -0.2) is 4.68 Å². The van der Waals surface area contributed by atoms with Crippen molar-refractivity contribution >= 4 is 45.9 Å². The summed E-state index contributed by atoms with van der Waals surface area (Å²) in [6, 6.07) is 17.5. The van der Waals surface area contributed by atoms with E-state index in [9.17, 15) is 14.4 Å². The van der Waals surface area contributed by atoms with Crippen molar-refractivity contribution in [3.05, 3.63) is 88.1 Å². The minimum Gasteiger partial charge on any atom is -0.454 e. The van der Waals surface area contributed by atoms with Gasteiger partial charge in [0.2, 0.25) is 6.79 Å². The zero-order chi connectivity index (χ0) is 26.1. The molecule has 5 rings (SSSR count). The maximum absolute atomic E-state index is 13.2. The van der Waals surface area contributed by atoms with Crippen LogP contribution in [0.5, 0.6) is 11.5 Å². The van der Waals surface area contributed by atoms with E-state index in [1.165, 1.54) is 4.68 Å². The smallest absolute Gasteiger partial charge is 0.328 e. The summed E-state index contributed by atoms with van der Waals surface area (Å²) in [4.78, 5) is 38.7. The van der Waals surface area contributed by atoms with E-state index in [2.05, 4.69) is 16.1 Å². The zero-order valence-electron chi connectivity index (χ0n) is 20.1. The number of hydrogen-bond acceptors (Lipinski definition) is 5. The van der Waals surface area contributed by atoms with Gasteiger partial charge in [0.25, 0.3) is 5.91 Å². The maximum atomic E-state index is 13.2. The van der Waals surface area contributed by atoms with Crippen LogP contribution in [0.25, 0.3) is 10.9 Å². The number of carbonyl (C=O) groups excluding carboxylic acids is 3. The molecule has 4 aromatic rings. The van der Waals surface area contributed by atoms with Crippen molar-refractivity contribution in [3.63, 3.8) is 0 Å². The number of fused-ring (bicyclic) bond motifs is 2. The van der Waals surface area contributed by atoms with Crippen LogP contribution in [0, 0.1) is 13.8 Å². The largest absolute Gasteiger partial charge is 0.454 e. The first kappa shape index (κ1) is 24.2. The summed E-state index contributed by atoms with van der Waals surface area (Å²) >= 11 is 6.14. The van der Waals surface area contributed by atoms with Crippen molar-refractivity contribution in [2.75, 3.05) is 17.5 Å². The maximum Gasteiger partial charge on any atom is 0.328 e. The molecule has 3 amide bonds. The number of halogens is 1. The Balaban J connectivity index is 1.35. The van der Waals surface area contributed by atoms with Crippen LogP contribution in [0.3, 0.4) is 0 Å². The van der Waals surface area contributed by atoms with Crippen LogP contribution in [0.2, 0.25) is 5.02 Å². The predicted molar refractivity (Wildman–Crippen MR) is 140 cm³/mol. The molecular formula is C27H23ClN4O5. The van der Waals surface area contributed by atoms with Gasteiger partial charge >= 0.3 is 11.8 Å². The number of anilines is 1. The Hall–Kier alpha value is -4.50. The first-order valence-electron chi connectivity index (χ1n) is 11.5. The van der Waals surface area contributed by atoms with E-state index in [1.54, 1.807) is 42.5 Å². The molecule has 0 atom stereocenters. The first-order valence-corrected chi connectivity index (χ1v) is 11.8. The Morgan fingerprint density at radius 1 is 0.919 bits per heavy atom. The lowest BCUT2D eigenvalue weighted by molar-refractivity contribution is -0.136. The zero-order valence-corrected chi connectivity index (χ0v) is 20.8. The summed E-state index contributed by atoms with van der Waals surface area (Å²) in [6.07, 6.45) is 0. The van der Waals surface area contributed by atoms with Crippen LogP contribution < -0.4 is 25.5 Å². The summed E-state index contributed by atoms with van der Waals surface area (Å²) in [6.45, 7) is 4.10. The summed E-state index contributed by atoms with van der Waals surface area (Å²) in [5.41, 5.74) is 6.51. The topological polar surface area (TPSA) is 111 Å². The third kappa shape index (κ3) is 5.07. The quantitative estimate of drug-likeness (QED) is 0.342. The number of amides is 3. The number of ether oxygens (including phenoxy) is 2. The van der Waals surface area contributed by atoms with E-state index < -0.39 is 17.7 Å². The van der Waals surface area contributed by atoms with Gasteiger partial charge in [-0.3, -0.25) is 19.8 Å². The fourth-order valence-corrected chi connectivity index (χ4v) is 4.26. The normalized spacial score (nSPS) is 11.9.